The number of para-hydroxylation sites is 1. The highest BCUT2D eigenvalue weighted by atomic mass is 79.9. The number of nitrogens with one attached hydrogen (secondary N) is 3. The smallest absolute Gasteiger partial charge is 0.240 e. The van der Waals surface area contributed by atoms with Gasteiger partial charge in [0.05, 0.1) is 19.1 Å². The predicted molar refractivity (Wildman–Crippen MR) is 117 cm³/mol. The molecule has 8 nitrogen and oxygen atoms in total. The maximum absolute atomic E-state index is 12.1. The van der Waals surface area contributed by atoms with Gasteiger partial charge in [0.25, 0.3) is 0 Å². The van der Waals surface area contributed by atoms with Gasteiger partial charge < -0.3 is 10.1 Å². The predicted octanol–water partition coefficient (Wildman–Crippen LogP) is 3.43. The Morgan fingerprint density at radius 2 is 2.17 bits per heavy atom. The van der Waals surface area contributed by atoms with Crippen molar-refractivity contribution in [2.45, 2.75) is 11.7 Å². The van der Waals surface area contributed by atoms with Gasteiger partial charge in [-0.2, -0.15) is 10.1 Å². The number of methoxy groups -OCH3 is 1. The maximum atomic E-state index is 12.1. The van der Waals surface area contributed by atoms with Crippen LogP contribution in [0, 0.1) is 0 Å². The van der Waals surface area contributed by atoms with E-state index in [1.807, 2.05) is 48.5 Å². The van der Waals surface area contributed by atoms with E-state index in [4.69, 9.17) is 4.74 Å². The van der Waals surface area contributed by atoms with E-state index in [1.165, 1.54) is 11.8 Å². The van der Waals surface area contributed by atoms with E-state index in [-0.39, 0.29) is 11.7 Å². The van der Waals surface area contributed by atoms with Crippen molar-refractivity contribution < 1.29 is 9.53 Å². The first-order valence-electron chi connectivity index (χ1n) is 8.62. The zero-order chi connectivity index (χ0) is 20.5. The standard InChI is InChI=1S/C19H19BrN6O2S/c1-28-16-8-3-2-6-14(16)11-21-17(27)12-29-19-23-18(25-26-19)24-22-10-13-5-4-7-15(20)9-13/h2-10H,11-12H2,1H3,(H,21,27)(H2,23,24,25,26)/b22-10-. The average molecular weight is 475 g/mol. The SMILES string of the molecule is COc1ccccc1CNC(=O)CSc1n[nH]c(N/N=C\c2cccc(Br)c2)n1. The van der Waals surface area contributed by atoms with Gasteiger partial charge in [0.1, 0.15) is 5.75 Å². The molecule has 150 valence electrons. The van der Waals surface area contributed by atoms with Crippen molar-refractivity contribution in [2.24, 2.45) is 5.10 Å². The topological polar surface area (TPSA) is 104 Å². The first-order chi connectivity index (χ1) is 14.1. The molecule has 0 saturated carbocycles. The molecule has 0 atom stereocenters. The van der Waals surface area contributed by atoms with E-state index in [0.29, 0.717) is 17.6 Å². The molecule has 0 spiro atoms. The molecule has 3 rings (SSSR count). The summed E-state index contributed by atoms with van der Waals surface area (Å²) in [6.07, 6.45) is 1.67. The molecule has 3 N–H and O–H groups in total. The van der Waals surface area contributed by atoms with Crippen LogP contribution in [-0.4, -0.2) is 40.2 Å². The molecule has 1 aromatic heterocycles. The Kier molecular flexibility index (Phi) is 7.65. The molecule has 1 heterocycles. The number of H-pyrrole nitrogens is 1. The molecule has 3 aromatic rings. The minimum atomic E-state index is -0.118. The number of carbonyl (C=O) groups excluding carboxylic acids is 1. The van der Waals surface area contributed by atoms with Crippen LogP contribution in [0.5, 0.6) is 5.75 Å². The summed E-state index contributed by atoms with van der Waals surface area (Å²) in [5.74, 6) is 1.22. The number of aromatic amines is 1. The molecule has 2 aromatic carbocycles. The summed E-state index contributed by atoms with van der Waals surface area (Å²) in [5, 5.41) is 14.2. The molecule has 0 saturated heterocycles. The van der Waals surface area contributed by atoms with E-state index in [9.17, 15) is 4.79 Å². The minimum Gasteiger partial charge on any atom is -0.496 e. The van der Waals surface area contributed by atoms with Crippen molar-refractivity contribution in [1.29, 1.82) is 0 Å². The van der Waals surface area contributed by atoms with Gasteiger partial charge in [0, 0.05) is 16.6 Å². The minimum absolute atomic E-state index is 0.118. The normalized spacial score (nSPS) is 10.8. The highest BCUT2D eigenvalue weighted by Gasteiger charge is 2.08. The molecule has 1 amide bonds. The molecule has 0 bridgehead atoms. The molecule has 0 radical (unpaired) electrons. The fraction of sp³-hybridized carbons (Fsp3) is 0.158. The number of anilines is 1. The number of hydrazone groups is 1. The zero-order valence-electron chi connectivity index (χ0n) is 15.6. The van der Waals surface area contributed by atoms with Crippen LogP contribution in [0.25, 0.3) is 0 Å². The van der Waals surface area contributed by atoms with Gasteiger partial charge in [-0.1, -0.05) is 58.0 Å². The van der Waals surface area contributed by atoms with E-state index in [0.717, 1.165) is 21.3 Å². The van der Waals surface area contributed by atoms with Crippen LogP contribution in [0.4, 0.5) is 5.95 Å². The van der Waals surface area contributed by atoms with Crippen molar-refractivity contribution in [3.63, 3.8) is 0 Å². The molecule has 0 fully saturated rings. The highest BCUT2D eigenvalue weighted by Crippen LogP contribution is 2.17. The van der Waals surface area contributed by atoms with Gasteiger partial charge >= 0.3 is 0 Å². The lowest BCUT2D eigenvalue weighted by atomic mass is 10.2. The van der Waals surface area contributed by atoms with Crippen LogP contribution in [0.3, 0.4) is 0 Å². The second kappa shape index (κ2) is 10.6. The third-order valence-electron chi connectivity index (χ3n) is 3.70. The lowest BCUT2D eigenvalue weighted by Crippen LogP contribution is -2.24. The summed E-state index contributed by atoms with van der Waals surface area (Å²) in [7, 11) is 1.61. The van der Waals surface area contributed by atoms with E-state index < -0.39 is 0 Å². The van der Waals surface area contributed by atoms with Crippen LogP contribution >= 0.6 is 27.7 Å². The summed E-state index contributed by atoms with van der Waals surface area (Å²) >= 11 is 4.64. The number of halogens is 1. The molecular formula is C19H19BrN6O2S. The Bertz CT molecular complexity index is 994. The molecule has 0 aliphatic heterocycles. The van der Waals surface area contributed by atoms with Crippen molar-refractivity contribution in [2.75, 3.05) is 18.3 Å². The molecule has 0 aliphatic carbocycles. The lowest BCUT2D eigenvalue weighted by Gasteiger charge is -2.08. The fourth-order valence-electron chi connectivity index (χ4n) is 2.34. The van der Waals surface area contributed by atoms with Crippen LogP contribution in [0.2, 0.25) is 0 Å². The molecule has 0 unspecified atom stereocenters. The number of benzene rings is 2. The summed E-state index contributed by atoms with van der Waals surface area (Å²) < 4.78 is 6.25. The summed E-state index contributed by atoms with van der Waals surface area (Å²) in [4.78, 5) is 16.3. The van der Waals surface area contributed by atoms with Gasteiger partial charge in [-0.05, 0) is 23.8 Å². The molecular weight excluding hydrogens is 456 g/mol. The Labute approximate surface area is 180 Å². The number of ether oxygens (including phenoxy) is 1. The Morgan fingerprint density at radius 3 is 3.00 bits per heavy atom. The second-order valence-corrected chi connectivity index (χ2v) is 7.63. The first kappa shape index (κ1) is 20.9. The van der Waals surface area contributed by atoms with Gasteiger partial charge in [-0.15, -0.1) is 5.10 Å². The number of aromatic nitrogens is 3. The van der Waals surface area contributed by atoms with Crippen LogP contribution in [-0.2, 0) is 11.3 Å². The number of amides is 1. The third kappa shape index (κ3) is 6.61. The van der Waals surface area contributed by atoms with Gasteiger partial charge in [-0.3, -0.25) is 4.79 Å². The van der Waals surface area contributed by atoms with E-state index in [2.05, 4.69) is 47.0 Å². The van der Waals surface area contributed by atoms with E-state index in [1.54, 1.807) is 13.3 Å². The largest absolute Gasteiger partial charge is 0.496 e. The average Bonchev–Trinajstić information content (AvgIpc) is 3.19. The highest BCUT2D eigenvalue weighted by molar-refractivity contribution is 9.10. The number of thioether (sulfide) groups is 1. The van der Waals surface area contributed by atoms with Crippen LogP contribution < -0.4 is 15.5 Å². The third-order valence-corrected chi connectivity index (χ3v) is 5.04. The lowest BCUT2D eigenvalue weighted by molar-refractivity contribution is -0.118. The van der Waals surface area contributed by atoms with Crippen LogP contribution in [0.15, 0.2) is 63.3 Å². The number of hydrogen-bond acceptors (Lipinski definition) is 7. The van der Waals surface area contributed by atoms with Crippen molar-refractivity contribution >= 4 is 45.8 Å². The van der Waals surface area contributed by atoms with Crippen molar-refractivity contribution in [1.82, 2.24) is 20.5 Å². The van der Waals surface area contributed by atoms with Gasteiger partial charge in [0.2, 0.25) is 17.0 Å². The Hall–Kier alpha value is -2.85. The number of rotatable bonds is 9. The summed E-state index contributed by atoms with van der Waals surface area (Å²) in [6, 6.07) is 15.3. The van der Waals surface area contributed by atoms with Crippen molar-refractivity contribution in [3.05, 3.63) is 64.1 Å². The number of nitrogens with zero attached hydrogens (tertiary/aromatic N) is 3. The fourth-order valence-corrected chi connectivity index (χ4v) is 3.38. The quantitative estimate of drug-likeness (QED) is 0.249. The van der Waals surface area contributed by atoms with Crippen LogP contribution in [0.1, 0.15) is 11.1 Å². The molecule has 29 heavy (non-hydrogen) atoms. The number of hydrogen-bond donors (Lipinski definition) is 3. The van der Waals surface area contributed by atoms with E-state index >= 15 is 0 Å². The Morgan fingerprint density at radius 1 is 1.31 bits per heavy atom. The molecule has 10 heteroatoms. The second-order valence-electron chi connectivity index (χ2n) is 5.77. The van der Waals surface area contributed by atoms with Crippen molar-refractivity contribution in [3.8, 4) is 5.75 Å². The number of carbonyl (C=O) groups is 1. The molecule has 0 aliphatic rings. The first-order valence-corrected chi connectivity index (χ1v) is 10.4. The zero-order valence-corrected chi connectivity index (χ0v) is 18.0. The van der Waals surface area contributed by atoms with Gasteiger partial charge in [0.15, 0.2) is 0 Å². The maximum Gasteiger partial charge on any atom is 0.240 e. The Balaban J connectivity index is 1.43. The summed E-state index contributed by atoms with van der Waals surface area (Å²) in [6.45, 7) is 0.397. The van der Waals surface area contributed by atoms with Gasteiger partial charge in [-0.25, -0.2) is 10.5 Å². The monoisotopic (exact) mass is 474 g/mol. The summed E-state index contributed by atoms with van der Waals surface area (Å²) in [5.41, 5.74) is 4.63.